The molecule has 1 N–H and O–H groups in total. The molecule has 19 heavy (non-hydrogen) atoms. The zero-order valence-electron chi connectivity index (χ0n) is 12.5. The summed E-state index contributed by atoms with van der Waals surface area (Å²) in [6.45, 7) is 8.09. The quantitative estimate of drug-likeness (QED) is 0.797. The third-order valence-corrected chi connectivity index (χ3v) is 6.56. The van der Waals surface area contributed by atoms with Crippen LogP contribution in [0.5, 0.6) is 0 Å². The van der Waals surface area contributed by atoms with E-state index in [1.165, 1.54) is 19.3 Å². The zero-order chi connectivity index (χ0) is 13.7. The van der Waals surface area contributed by atoms with Crippen LogP contribution in [0.3, 0.4) is 0 Å². The van der Waals surface area contributed by atoms with Crippen molar-refractivity contribution in [1.82, 2.24) is 5.32 Å². The highest BCUT2D eigenvalue weighted by atomic mass is 16.5. The van der Waals surface area contributed by atoms with Crippen molar-refractivity contribution in [2.75, 3.05) is 6.54 Å². The summed E-state index contributed by atoms with van der Waals surface area (Å²) in [6, 6.07) is 0.354. The summed E-state index contributed by atoms with van der Waals surface area (Å²) in [4.78, 5) is 12.1. The molecule has 3 nitrogen and oxygen atoms in total. The largest absolute Gasteiger partial charge is 0.462 e. The molecule has 3 rings (SSSR count). The van der Waals surface area contributed by atoms with Crippen molar-refractivity contribution in [2.24, 2.45) is 16.7 Å². The molecule has 2 aliphatic carbocycles. The topological polar surface area (TPSA) is 38.3 Å². The first-order valence-electron chi connectivity index (χ1n) is 7.86. The number of hydrogen-bond donors (Lipinski definition) is 1. The molecule has 3 heteroatoms. The van der Waals surface area contributed by atoms with E-state index in [-0.39, 0.29) is 17.5 Å². The Balaban J connectivity index is 1.60. The van der Waals surface area contributed by atoms with E-state index >= 15 is 0 Å². The van der Waals surface area contributed by atoms with Gasteiger partial charge in [0.05, 0.1) is 6.42 Å². The Morgan fingerprint density at radius 2 is 2.11 bits per heavy atom. The van der Waals surface area contributed by atoms with Crippen LogP contribution in [0.15, 0.2) is 0 Å². The van der Waals surface area contributed by atoms with Crippen molar-refractivity contribution in [2.45, 2.75) is 71.4 Å². The number of carbonyl (C=O) groups is 1. The maximum absolute atomic E-state index is 12.1. The molecule has 1 heterocycles. The highest BCUT2D eigenvalue weighted by molar-refractivity contribution is 5.70. The highest BCUT2D eigenvalue weighted by Gasteiger charge is 2.62. The van der Waals surface area contributed by atoms with Crippen molar-refractivity contribution in [3.05, 3.63) is 0 Å². The molecule has 2 saturated carbocycles. The smallest absolute Gasteiger partial charge is 0.307 e. The Hall–Kier alpha value is -0.570. The summed E-state index contributed by atoms with van der Waals surface area (Å²) < 4.78 is 5.87. The molecular weight excluding hydrogens is 238 g/mol. The minimum atomic E-state index is 0.00831. The lowest BCUT2D eigenvalue weighted by Crippen LogP contribution is -2.39. The monoisotopic (exact) mass is 265 g/mol. The first kappa shape index (κ1) is 13.4. The first-order chi connectivity index (χ1) is 8.93. The van der Waals surface area contributed by atoms with Crippen LogP contribution in [-0.4, -0.2) is 24.7 Å². The predicted molar refractivity (Wildman–Crippen MR) is 74.8 cm³/mol. The van der Waals surface area contributed by atoms with Gasteiger partial charge in [0.25, 0.3) is 0 Å². The third kappa shape index (κ3) is 2.01. The van der Waals surface area contributed by atoms with Crippen molar-refractivity contribution in [1.29, 1.82) is 0 Å². The van der Waals surface area contributed by atoms with Gasteiger partial charge in [0.2, 0.25) is 0 Å². The Labute approximate surface area is 116 Å². The summed E-state index contributed by atoms with van der Waals surface area (Å²) in [5.74, 6) is 0.744. The van der Waals surface area contributed by atoms with Crippen LogP contribution in [-0.2, 0) is 9.53 Å². The summed E-state index contributed by atoms with van der Waals surface area (Å²) in [7, 11) is 0. The van der Waals surface area contributed by atoms with Crippen molar-refractivity contribution in [3.63, 3.8) is 0 Å². The molecule has 108 valence electrons. The lowest BCUT2D eigenvalue weighted by atomic mass is 9.70. The average Bonchev–Trinajstić information content (AvgIpc) is 2.95. The first-order valence-corrected chi connectivity index (χ1v) is 7.86. The van der Waals surface area contributed by atoms with E-state index in [1.807, 2.05) is 0 Å². The van der Waals surface area contributed by atoms with Crippen LogP contribution in [0.4, 0.5) is 0 Å². The molecule has 3 fully saturated rings. The summed E-state index contributed by atoms with van der Waals surface area (Å²) in [6.07, 6.45) is 6.60. The second-order valence-electron chi connectivity index (χ2n) is 7.59. The molecule has 2 bridgehead atoms. The number of hydrogen-bond acceptors (Lipinski definition) is 3. The van der Waals surface area contributed by atoms with Crippen LogP contribution >= 0.6 is 0 Å². The highest BCUT2D eigenvalue weighted by Crippen LogP contribution is 2.66. The lowest BCUT2D eigenvalue weighted by molar-refractivity contribution is -0.157. The van der Waals surface area contributed by atoms with Crippen molar-refractivity contribution >= 4 is 5.97 Å². The minimum absolute atomic E-state index is 0.00831. The Morgan fingerprint density at radius 3 is 2.63 bits per heavy atom. The molecule has 1 aliphatic heterocycles. The fourth-order valence-corrected chi connectivity index (χ4v) is 4.65. The van der Waals surface area contributed by atoms with Gasteiger partial charge in [-0.2, -0.15) is 0 Å². The Kier molecular flexibility index (Phi) is 3.16. The molecule has 1 saturated heterocycles. The number of fused-ring (bicyclic) bond motifs is 2. The normalized spacial score (nSPS) is 43.6. The predicted octanol–water partition coefficient (Wildman–Crippen LogP) is 2.89. The molecule has 0 aromatic rings. The lowest BCUT2D eigenvalue weighted by Gasteiger charge is -2.38. The van der Waals surface area contributed by atoms with E-state index in [4.69, 9.17) is 4.74 Å². The molecule has 0 radical (unpaired) electrons. The van der Waals surface area contributed by atoms with E-state index in [2.05, 4.69) is 26.1 Å². The van der Waals surface area contributed by atoms with Gasteiger partial charge >= 0.3 is 5.97 Å². The molecule has 4 atom stereocenters. The minimum Gasteiger partial charge on any atom is -0.462 e. The fraction of sp³-hybridized carbons (Fsp3) is 0.938. The van der Waals surface area contributed by atoms with Crippen molar-refractivity contribution < 1.29 is 9.53 Å². The summed E-state index contributed by atoms with van der Waals surface area (Å²) >= 11 is 0. The second kappa shape index (κ2) is 4.47. The van der Waals surface area contributed by atoms with Gasteiger partial charge in [-0.05, 0) is 50.0 Å². The van der Waals surface area contributed by atoms with E-state index in [0.717, 1.165) is 25.3 Å². The maximum Gasteiger partial charge on any atom is 0.307 e. The number of rotatable bonds is 3. The Bertz CT molecular complexity index is 373. The van der Waals surface area contributed by atoms with Gasteiger partial charge in [-0.25, -0.2) is 0 Å². The van der Waals surface area contributed by atoms with E-state index in [9.17, 15) is 4.79 Å². The van der Waals surface area contributed by atoms with E-state index < -0.39 is 0 Å². The number of esters is 1. The molecule has 0 aromatic heterocycles. The zero-order valence-corrected chi connectivity index (χ0v) is 12.5. The van der Waals surface area contributed by atoms with Crippen molar-refractivity contribution in [3.8, 4) is 0 Å². The van der Waals surface area contributed by atoms with Gasteiger partial charge in [-0.15, -0.1) is 0 Å². The maximum atomic E-state index is 12.1. The molecule has 0 amide bonds. The van der Waals surface area contributed by atoms with Gasteiger partial charge in [0, 0.05) is 11.5 Å². The van der Waals surface area contributed by atoms with E-state index in [1.54, 1.807) is 0 Å². The summed E-state index contributed by atoms with van der Waals surface area (Å²) in [5, 5.41) is 3.37. The second-order valence-corrected chi connectivity index (χ2v) is 7.59. The number of nitrogens with one attached hydrogen (secondary N) is 1. The molecule has 4 unspecified atom stereocenters. The van der Waals surface area contributed by atoms with Crippen LogP contribution in [0.1, 0.15) is 59.3 Å². The van der Waals surface area contributed by atoms with Crippen LogP contribution < -0.4 is 5.32 Å². The third-order valence-electron chi connectivity index (χ3n) is 6.56. The molecule has 0 aromatic carbocycles. The van der Waals surface area contributed by atoms with Gasteiger partial charge in [-0.3, -0.25) is 4.79 Å². The van der Waals surface area contributed by atoms with Gasteiger partial charge in [0.15, 0.2) is 0 Å². The van der Waals surface area contributed by atoms with E-state index in [0.29, 0.717) is 17.9 Å². The van der Waals surface area contributed by atoms with Crippen LogP contribution in [0, 0.1) is 16.7 Å². The number of carbonyl (C=O) groups excluding carboxylic acids is 1. The SMILES string of the molecule is CC1(C)C2CCC1(C)C(OC(=O)CC1CCCN1)C2. The number of ether oxygens (including phenoxy) is 1. The fourth-order valence-electron chi connectivity index (χ4n) is 4.65. The van der Waals surface area contributed by atoms with Gasteiger partial charge in [-0.1, -0.05) is 20.8 Å². The summed E-state index contributed by atoms with van der Waals surface area (Å²) in [5.41, 5.74) is 0.514. The van der Waals surface area contributed by atoms with Crippen LogP contribution in [0.25, 0.3) is 0 Å². The van der Waals surface area contributed by atoms with Gasteiger partial charge < -0.3 is 10.1 Å². The average molecular weight is 265 g/mol. The molecular formula is C16H27NO2. The molecule has 3 aliphatic rings. The molecule has 0 spiro atoms. The van der Waals surface area contributed by atoms with Crippen LogP contribution in [0.2, 0.25) is 0 Å². The standard InChI is InChI=1S/C16H27NO2/c1-15(2)11-6-7-16(15,3)13(9-11)19-14(18)10-12-5-4-8-17-12/h11-13,17H,4-10H2,1-3H3. The van der Waals surface area contributed by atoms with Gasteiger partial charge in [0.1, 0.15) is 6.10 Å². The Morgan fingerprint density at radius 1 is 1.32 bits per heavy atom.